The summed E-state index contributed by atoms with van der Waals surface area (Å²) in [7, 11) is 0. The molecule has 112 valence electrons. The quantitative estimate of drug-likeness (QED) is 0.735. The van der Waals surface area contributed by atoms with Crippen LogP contribution in [0.25, 0.3) is 0 Å². The van der Waals surface area contributed by atoms with Crippen molar-refractivity contribution in [1.29, 1.82) is 0 Å². The highest BCUT2D eigenvalue weighted by Crippen LogP contribution is 2.15. The van der Waals surface area contributed by atoms with Crippen LogP contribution in [0.3, 0.4) is 0 Å². The summed E-state index contributed by atoms with van der Waals surface area (Å²) in [4.78, 5) is 13.1. The summed E-state index contributed by atoms with van der Waals surface area (Å²) in [5, 5.41) is 0. The van der Waals surface area contributed by atoms with Crippen molar-refractivity contribution in [2.24, 2.45) is 5.73 Å². The molecule has 2 fully saturated rings. The number of likely N-dealkylation sites (tertiary alicyclic amines) is 1. The summed E-state index contributed by atoms with van der Waals surface area (Å²) < 4.78 is 5.21. The molecule has 0 unspecified atom stereocenters. The molecule has 0 spiro atoms. The molecule has 0 radical (unpaired) electrons. The molecule has 2 rings (SSSR count). The van der Waals surface area contributed by atoms with E-state index in [1.165, 1.54) is 32.1 Å². The summed E-state index contributed by atoms with van der Waals surface area (Å²) in [6, 6.07) is 0.536. The maximum absolute atomic E-state index is 11.4. The van der Waals surface area contributed by atoms with Crippen molar-refractivity contribution in [3.8, 4) is 0 Å². The fraction of sp³-hybridized carbons (Fsp3) is 0.933. The lowest BCUT2D eigenvalue weighted by Gasteiger charge is -2.23. The van der Waals surface area contributed by atoms with Crippen LogP contribution in [0.15, 0.2) is 0 Å². The number of nitrogens with two attached hydrogens (primary N) is 1. The highest BCUT2D eigenvalue weighted by Gasteiger charge is 2.23. The predicted octanol–water partition coefficient (Wildman–Crippen LogP) is 3.30. The van der Waals surface area contributed by atoms with Gasteiger partial charge in [0.2, 0.25) is 0 Å². The summed E-state index contributed by atoms with van der Waals surface area (Å²) in [5.74, 6) is 0. The van der Waals surface area contributed by atoms with Crippen LogP contribution in [0.5, 0.6) is 0 Å². The number of ether oxygens (including phenoxy) is 1. The smallest absolute Gasteiger partial charge is 0.410 e. The first kappa shape index (κ1) is 16.3. The Morgan fingerprint density at radius 1 is 1.05 bits per heavy atom. The summed E-state index contributed by atoms with van der Waals surface area (Å²) in [5.41, 5.74) is 5.27. The van der Waals surface area contributed by atoms with E-state index in [9.17, 15) is 4.79 Å². The second kappa shape index (κ2) is 7.73. The van der Waals surface area contributed by atoms with Crippen LogP contribution in [0.1, 0.15) is 65.7 Å². The van der Waals surface area contributed by atoms with E-state index < -0.39 is 0 Å². The SMILES string of the molecule is CC(C)(C)OC(=O)N1CCCC1.NC1CCCCC1. The highest BCUT2D eigenvalue weighted by atomic mass is 16.6. The molecule has 19 heavy (non-hydrogen) atoms. The molecule has 0 aromatic carbocycles. The summed E-state index contributed by atoms with van der Waals surface area (Å²) >= 11 is 0. The van der Waals surface area contributed by atoms with Gasteiger partial charge in [0.1, 0.15) is 5.60 Å². The number of rotatable bonds is 0. The van der Waals surface area contributed by atoms with Crippen LogP contribution in [0.4, 0.5) is 4.79 Å². The molecule has 1 saturated carbocycles. The van der Waals surface area contributed by atoms with Crippen LogP contribution in [-0.2, 0) is 4.74 Å². The van der Waals surface area contributed by atoms with E-state index in [4.69, 9.17) is 10.5 Å². The molecule has 1 amide bonds. The lowest BCUT2D eigenvalue weighted by Crippen LogP contribution is -2.34. The van der Waals surface area contributed by atoms with Gasteiger partial charge in [-0.15, -0.1) is 0 Å². The van der Waals surface area contributed by atoms with Gasteiger partial charge in [0, 0.05) is 19.1 Å². The predicted molar refractivity (Wildman–Crippen MR) is 78.1 cm³/mol. The molecule has 1 heterocycles. The average molecular weight is 270 g/mol. The van der Waals surface area contributed by atoms with Crippen molar-refractivity contribution in [2.45, 2.75) is 77.4 Å². The Balaban J connectivity index is 0.000000218. The van der Waals surface area contributed by atoms with Crippen molar-refractivity contribution in [3.63, 3.8) is 0 Å². The van der Waals surface area contributed by atoms with Crippen LogP contribution >= 0.6 is 0 Å². The largest absolute Gasteiger partial charge is 0.444 e. The molecule has 0 aromatic rings. The lowest BCUT2D eigenvalue weighted by molar-refractivity contribution is 0.0295. The van der Waals surface area contributed by atoms with Crippen molar-refractivity contribution in [3.05, 3.63) is 0 Å². The van der Waals surface area contributed by atoms with Gasteiger partial charge in [0.15, 0.2) is 0 Å². The standard InChI is InChI=1S/C9H17NO2.C6H13N/c1-9(2,3)12-8(11)10-6-4-5-7-10;7-6-4-2-1-3-5-6/h4-7H2,1-3H3;6H,1-5,7H2. The van der Waals surface area contributed by atoms with Gasteiger partial charge < -0.3 is 15.4 Å². The van der Waals surface area contributed by atoms with Gasteiger partial charge in [-0.25, -0.2) is 4.79 Å². The van der Waals surface area contributed by atoms with E-state index in [2.05, 4.69) is 0 Å². The Kier molecular flexibility index (Phi) is 6.63. The van der Waals surface area contributed by atoms with Gasteiger partial charge in [0.05, 0.1) is 0 Å². The Hall–Kier alpha value is -0.770. The molecule has 0 atom stereocenters. The fourth-order valence-electron chi connectivity index (χ4n) is 2.36. The Labute approximate surface area is 117 Å². The second-order valence-corrected chi connectivity index (χ2v) is 6.57. The monoisotopic (exact) mass is 270 g/mol. The topological polar surface area (TPSA) is 55.6 Å². The second-order valence-electron chi connectivity index (χ2n) is 6.57. The van der Waals surface area contributed by atoms with Crippen LogP contribution in [0.2, 0.25) is 0 Å². The van der Waals surface area contributed by atoms with Gasteiger partial charge in [-0.05, 0) is 46.5 Å². The highest BCUT2D eigenvalue weighted by molar-refractivity contribution is 5.68. The van der Waals surface area contributed by atoms with E-state index in [1.54, 1.807) is 4.90 Å². The van der Waals surface area contributed by atoms with Crippen LogP contribution < -0.4 is 5.73 Å². The average Bonchev–Trinajstić information content (AvgIpc) is 2.82. The number of carbonyl (C=O) groups is 1. The molecule has 1 aliphatic heterocycles. The Morgan fingerprint density at radius 2 is 1.58 bits per heavy atom. The third kappa shape index (κ3) is 7.41. The molecule has 2 aliphatic rings. The number of nitrogens with zero attached hydrogens (tertiary/aromatic N) is 1. The Morgan fingerprint density at radius 3 is 1.95 bits per heavy atom. The molecule has 2 N–H and O–H groups in total. The van der Waals surface area contributed by atoms with Crippen molar-refractivity contribution in [2.75, 3.05) is 13.1 Å². The van der Waals surface area contributed by atoms with E-state index in [0.29, 0.717) is 6.04 Å². The third-order valence-corrected chi connectivity index (χ3v) is 3.41. The first-order valence-corrected chi connectivity index (χ1v) is 7.62. The maximum atomic E-state index is 11.4. The number of hydrogen-bond acceptors (Lipinski definition) is 3. The third-order valence-electron chi connectivity index (χ3n) is 3.41. The van der Waals surface area contributed by atoms with E-state index in [-0.39, 0.29) is 11.7 Å². The van der Waals surface area contributed by atoms with Gasteiger partial charge in [0.25, 0.3) is 0 Å². The molecular weight excluding hydrogens is 240 g/mol. The van der Waals surface area contributed by atoms with E-state index in [1.807, 2.05) is 20.8 Å². The van der Waals surface area contributed by atoms with Gasteiger partial charge in [-0.2, -0.15) is 0 Å². The molecule has 0 aromatic heterocycles. The minimum absolute atomic E-state index is 0.167. The number of amides is 1. The molecule has 4 nitrogen and oxygen atoms in total. The number of hydrogen-bond donors (Lipinski definition) is 1. The number of carbonyl (C=O) groups excluding carboxylic acids is 1. The summed E-state index contributed by atoms with van der Waals surface area (Å²) in [6.45, 7) is 7.38. The Bertz CT molecular complexity index is 262. The molecule has 0 bridgehead atoms. The van der Waals surface area contributed by atoms with Crippen molar-refractivity contribution < 1.29 is 9.53 Å². The maximum Gasteiger partial charge on any atom is 0.410 e. The zero-order chi connectivity index (χ0) is 14.3. The molecule has 1 aliphatic carbocycles. The van der Waals surface area contributed by atoms with Gasteiger partial charge in [-0.1, -0.05) is 19.3 Å². The van der Waals surface area contributed by atoms with E-state index in [0.717, 1.165) is 25.9 Å². The minimum Gasteiger partial charge on any atom is -0.444 e. The van der Waals surface area contributed by atoms with Gasteiger partial charge in [-0.3, -0.25) is 0 Å². The lowest BCUT2D eigenvalue weighted by atomic mass is 9.97. The minimum atomic E-state index is -0.361. The normalized spacial score (nSPS) is 20.7. The first-order chi connectivity index (χ1) is 8.88. The fourth-order valence-corrected chi connectivity index (χ4v) is 2.36. The summed E-state index contributed by atoms with van der Waals surface area (Å²) in [6.07, 6.45) is 8.72. The van der Waals surface area contributed by atoms with Crippen molar-refractivity contribution in [1.82, 2.24) is 4.90 Å². The van der Waals surface area contributed by atoms with E-state index >= 15 is 0 Å². The van der Waals surface area contributed by atoms with Crippen molar-refractivity contribution >= 4 is 6.09 Å². The van der Waals surface area contributed by atoms with Crippen LogP contribution in [-0.4, -0.2) is 35.7 Å². The zero-order valence-corrected chi connectivity index (χ0v) is 12.8. The molecule has 1 saturated heterocycles. The van der Waals surface area contributed by atoms with Gasteiger partial charge >= 0.3 is 6.09 Å². The molecular formula is C15H30N2O2. The van der Waals surface area contributed by atoms with Crippen LogP contribution in [0, 0.1) is 0 Å². The zero-order valence-electron chi connectivity index (χ0n) is 12.8. The molecule has 4 heteroatoms. The first-order valence-electron chi connectivity index (χ1n) is 7.62.